The highest BCUT2D eigenvalue weighted by Gasteiger charge is 2.87. The van der Waals surface area contributed by atoms with Gasteiger partial charge < -0.3 is 64.2 Å². The van der Waals surface area contributed by atoms with E-state index in [1.807, 2.05) is 0 Å². The second-order valence-corrected chi connectivity index (χ2v) is 44.2. The van der Waals surface area contributed by atoms with Gasteiger partial charge in [-0.2, -0.15) is 87.6 Å². The van der Waals surface area contributed by atoms with Crippen LogP contribution in [0.3, 0.4) is 0 Å². The number of thioether (sulfide) groups is 2. The first-order valence-electron chi connectivity index (χ1n) is 33.8. The quantitative estimate of drug-likeness (QED) is 0.00824. The van der Waals surface area contributed by atoms with Crippen molar-refractivity contribution in [3.05, 3.63) is 0 Å². The summed E-state index contributed by atoms with van der Waals surface area (Å²) in [5.74, 6) is -41.4. The first-order valence-corrected chi connectivity index (χ1v) is 42.8. The number of hydrogen-bond donors (Lipinski definition) is 6. The van der Waals surface area contributed by atoms with Crippen LogP contribution in [-0.2, 0) is 86.3 Å². The molecule has 0 rings (SSSR count). The smallest absolute Gasteiger partial charge is 0.460 e. The average molecular weight is 1860 g/mol. The van der Waals surface area contributed by atoms with Crippen LogP contribution >= 0.6 is 63.2 Å². The molecule has 0 saturated heterocycles. The predicted molar refractivity (Wildman–Crippen MR) is 392 cm³/mol. The fraction of sp³-hybridized carbons (Fsp3) is 0.889. The van der Waals surface area contributed by atoms with Crippen molar-refractivity contribution in [1.29, 1.82) is 0 Å². The molecular weight excluding hydrogens is 1760 g/mol. The summed E-state index contributed by atoms with van der Waals surface area (Å²) in [7, 11) is -23.7. The van der Waals surface area contributed by atoms with Crippen molar-refractivity contribution in [1.82, 2.24) is 8.61 Å². The molecule has 0 amide bonds. The number of carbonyl (C=O) groups is 5. The van der Waals surface area contributed by atoms with Crippen LogP contribution in [0, 0.1) is 49.7 Å². The maximum Gasteiger partial charge on any atom is 0.460 e. The molecule has 0 radical (unpaired) electrons. The zero-order chi connectivity index (χ0) is 92.4. The minimum absolute atomic E-state index is 0.00563. The molecule has 0 spiro atoms. The van der Waals surface area contributed by atoms with Crippen LogP contribution in [0.4, 0.5) is 79.0 Å². The fourth-order valence-electron chi connectivity index (χ4n) is 12.5. The van der Waals surface area contributed by atoms with Gasteiger partial charge in [-0.3, -0.25) is 33.1 Å². The first kappa shape index (κ1) is 112. The number of likely N-dealkylation sites (N-methyl/N-ethyl adjacent to an activating group) is 2. The lowest BCUT2D eigenvalue weighted by molar-refractivity contribution is -0.382. The zero-order valence-electron chi connectivity index (χ0n) is 66.6. The molecule has 0 fully saturated rings. The van der Waals surface area contributed by atoms with E-state index in [0.29, 0.717) is 23.5 Å². The maximum absolute atomic E-state index is 15.3. The van der Waals surface area contributed by atoms with Gasteiger partial charge in [-0.1, -0.05) is 78.9 Å². The molecule has 0 aliphatic rings. The number of carbonyl (C=O) groups excluding carboxylic acids is 5. The van der Waals surface area contributed by atoms with Gasteiger partial charge in [0.2, 0.25) is 8.77 Å². The summed E-state index contributed by atoms with van der Waals surface area (Å²) in [5.41, 5.74) is -3.05. The fourth-order valence-corrected chi connectivity index (χ4v) is 19.0. The van der Waals surface area contributed by atoms with E-state index < -0.39 is 279 Å². The summed E-state index contributed by atoms with van der Waals surface area (Å²) in [6.07, 6.45) is -21.8. The van der Waals surface area contributed by atoms with E-state index >= 15 is 18.4 Å². The summed E-state index contributed by atoms with van der Waals surface area (Å²) in [4.78, 5) is 112. The van der Waals surface area contributed by atoms with Crippen molar-refractivity contribution in [2.45, 2.75) is 231 Å². The summed E-state index contributed by atoms with van der Waals surface area (Å²) >= 11 is 11.9. The Morgan fingerprint density at radius 1 is 0.470 bits per heavy atom. The Balaban J connectivity index is 8.98. The zero-order valence-corrected chi connectivity index (χ0v) is 73.3. The lowest BCUT2D eigenvalue weighted by atomic mass is 9.50. The molecule has 7 unspecified atom stereocenters. The number of thiocarbonyl (C=S) groups is 2. The summed E-state index contributed by atoms with van der Waals surface area (Å²) in [6.45, 7) is 16.0. The third kappa shape index (κ3) is 24.7. The Hall–Kier alpha value is -3.39. The molecule has 8 N–H and O–H groups in total. The van der Waals surface area contributed by atoms with Gasteiger partial charge in [-0.15, -0.1) is 0 Å². The number of esters is 5. The molecule has 0 aliphatic heterocycles. The highest BCUT2D eigenvalue weighted by molar-refractivity contribution is 8.23. The van der Waals surface area contributed by atoms with E-state index in [4.69, 9.17) is 69.1 Å². The molecular formula is C63H102F18N4O22P2S6. The largest absolute Gasteiger partial charge is 0.476 e. The maximum atomic E-state index is 15.3. The first-order chi connectivity index (χ1) is 50.3. The standard InChI is InChI=1S/C63H102F18N4O22P2S6/c1-35(2)106-44(110)112-50(13,14)52(16,42(89)103-25-23-84(20)114(97,98)62(78,79)58(68,69)56(64,65)60(72,73)74)34-54(18,82)49(11,12)37(39(86)102-27-29-108(91,92)93)31-46(5,6)38(40(87)101-22)47(7,8)32-51(15,41(88)105-28-30-109(94,95)96)48(9,10)33-53(17,55(19,83)113-45(111)107-36(3)4)43(90)104-26-24-85(21)115(99,100)63(80,81)59(70,71)57(66,67)61(75,76)77/h35-38H,23-34,82-83H2,1-22H3,(H2,91,92,93)(H2,94,95,96). The van der Waals surface area contributed by atoms with Crippen LogP contribution < -0.4 is 11.5 Å². The molecule has 0 heterocycles. The molecule has 0 aromatic heterocycles. The molecule has 52 heteroatoms. The molecule has 0 aromatic carbocycles. The minimum Gasteiger partial charge on any atom is -0.476 e. The SMILES string of the molecule is COC(=O)C(C(C)(C)CC(C(=O)OCCP(=O)(O)O)C(C)(C)C(C)(N)CC(C)(C(=O)OCCN(C)S(=O)(=O)C(F)(F)C(F)(F)C(F)(F)C(F)(F)F)C(C)(C)SC(=S)OC(C)C)C(C)(C)CC(C)(C(=O)OCCP(=O)(O)O)C(C)(C)CC(C)(C(=O)OCCN(C)S(=O)(=O)C(F)(F)C(F)(F)C(F)(F)C(F)(F)F)C(C)(N)SC(=S)OC(C)C. The summed E-state index contributed by atoms with van der Waals surface area (Å²) < 4.78 is 362. The number of alkyl halides is 18. The van der Waals surface area contributed by atoms with E-state index in [9.17, 15) is 130 Å². The topological polar surface area (TPSA) is 392 Å². The van der Waals surface area contributed by atoms with E-state index in [-0.39, 0.29) is 18.5 Å². The van der Waals surface area contributed by atoms with Gasteiger partial charge in [-0.05, 0) is 148 Å². The van der Waals surface area contributed by atoms with Crippen LogP contribution in [0.25, 0.3) is 0 Å². The number of nitrogens with two attached hydrogens (primary N) is 2. The van der Waals surface area contributed by atoms with Gasteiger partial charge in [0.05, 0.1) is 64.6 Å². The normalized spacial score (nSPS) is 17.6. The van der Waals surface area contributed by atoms with Crippen molar-refractivity contribution in [2.24, 2.45) is 61.2 Å². The van der Waals surface area contributed by atoms with Crippen molar-refractivity contribution < 1.29 is 182 Å². The Morgan fingerprint density at radius 3 is 1.14 bits per heavy atom. The second-order valence-electron chi connectivity index (χ2n) is 32.2. The van der Waals surface area contributed by atoms with Gasteiger partial charge in [0, 0.05) is 37.5 Å². The van der Waals surface area contributed by atoms with Crippen LogP contribution in [0.2, 0.25) is 0 Å². The summed E-state index contributed by atoms with van der Waals surface area (Å²) in [6, 6.07) is 0. The van der Waals surface area contributed by atoms with Gasteiger partial charge in [-0.25, -0.2) is 16.8 Å². The molecule has 26 nitrogen and oxygen atoms in total. The highest BCUT2D eigenvalue weighted by Crippen LogP contribution is 2.63. The Kier molecular flexibility index (Phi) is 36.3. The minimum atomic E-state index is -7.69. The molecule has 115 heavy (non-hydrogen) atoms. The second kappa shape index (κ2) is 37.4. The third-order valence-electron chi connectivity index (χ3n) is 20.5. The van der Waals surface area contributed by atoms with E-state index in [2.05, 4.69) is 0 Å². The number of sulfonamides is 2. The van der Waals surface area contributed by atoms with Gasteiger partial charge in [0.1, 0.15) is 26.4 Å². The number of halogens is 18. The third-order valence-corrected chi connectivity index (χ3v) is 28.9. The highest BCUT2D eigenvalue weighted by atomic mass is 32.2. The van der Waals surface area contributed by atoms with Crippen LogP contribution in [0.5, 0.6) is 0 Å². The number of hydrogen-bond acceptors (Lipinski definition) is 24. The average Bonchev–Trinajstić information content (AvgIpc) is 0.729. The summed E-state index contributed by atoms with van der Waals surface area (Å²) in [5, 5.41) is -14.5. The van der Waals surface area contributed by atoms with Crippen LogP contribution in [-0.4, -0.2) is 231 Å². The van der Waals surface area contributed by atoms with Gasteiger partial charge in [0.15, 0.2) is 0 Å². The van der Waals surface area contributed by atoms with Gasteiger partial charge in [0.25, 0.3) is 20.0 Å². The lowest BCUT2D eigenvalue weighted by Crippen LogP contribution is -2.65. The Morgan fingerprint density at radius 2 is 0.800 bits per heavy atom. The van der Waals surface area contributed by atoms with Crippen molar-refractivity contribution >= 4 is 122 Å². The number of rotatable bonds is 44. The van der Waals surface area contributed by atoms with E-state index in [1.165, 1.54) is 104 Å². The molecule has 0 aromatic rings. The molecule has 7 atom stereocenters. The van der Waals surface area contributed by atoms with E-state index in [0.717, 1.165) is 34.8 Å². The van der Waals surface area contributed by atoms with E-state index in [1.54, 1.807) is 0 Å². The van der Waals surface area contributed by atoms with Crippen LogP contribution in [0.15, 0.2) is 0 Å². The predicted octanol–water partition coefficient (Wildman–Crippen LogP) is 13.0. The monoisotopic (exact) mass is 1860 g/mol. The Bertz CT molecular complexity index is 3810. The van der Waals surface area contributed by atoms with Crippen molar-refractivity contribution in [3.8, 4) is 0 Å². The molecule has 0 bridgehead atoms. The lowest BCUT2D eigenvalue weighted by Gasteiger charge is -2.55. The van der Waals surface area contributed by atoms with Gasteiger partial charge >= 0.3 is 91.6 Å². The number of methoxy groups -OCH3 is 1. The van der Waals surface area contributed by atoms with Crippen molar-refractivity contribution in [3.63, 3.8) is 0 Å². The van der Waals surface area contributed by atoms with Crippen LogP contribution in [0.1, 0.15) is 157 Å². The number of nitrogens with zero attached hydrogens (tertiary/aromatic N) is 2. The molecule has 678 valence electrons. The number of ether oxygens (including phenoxy) is 7. The molecule has 0 aliphatic carbocycles. The van der Waals surface area contributed by atoms with Crippen molar-refractivity contribution in [2.75, 3.05) is 73.0 Å². The molecule has 0 saturated carbocycles. The Labute approximate surface area is 674 Å².